The number of carbonyl (C=O) groups excluding carboxylic acids is 2. The number of primary amides is 1. The molecule has 0 spiro atoms. The van der Waals surface area contributed by atoms with Gasteiger partial charge in [0.1, 0.15) is 0 Å². The van der Waals surface area contributed by atoms with Crippen LogP contribution in [0.15, 0.2) is 0 Å². The molecule has 0 bridgehead atoms. The summed E-state index contributed by atoms with van der Waals surface area (Å²) in [5.74, 6) is -0.169. The molecule has 19 heavy (non-hydrogen) atoms. The van der Waals surface area contributed by atoms with Gasteiger partial charge in [0.25, 0.3) is 5.24 Å². The molecule has 4 nitrogen and oxygen atoms in total. The minimum Gasteiger partial charge on any atom is -0.361 e. The van der Waals surface area contributed by atoms with Gasteiger partial charge in [0.15, 0.2) is 0 Å². The Morgan fingerprint density at radius 3 is 1.79 bits per heavy atom. The molecule has 0 fully saturated rings. The van der Waals surface area contributed by atoms with Gasteiger partial charge in [-0.2, -0.15) is 0 Å². The minimum absolute atomic E-state index is 0.0419. The number of anilines is 1. The van der Waals surface area contributed by atoms with Crippen LogP contribution < -0.4 is 11.1 Å². The van der Waals surface area contributed by atoms with Crippen LogP contribution in [0, 0.1) is 34.6 Å². The number of benzene rings is 1. The smallest absolute Gasteiger partial charge is 0.276 e. The molecule has 3 N–H and O–H groups in total. The van der Waals surface area contributed by atoms with Gasteiger partial charge in [0.05, 0.1) is 5.75 Å². The molecule has 5 heteroatoms. The topological polar surface area (TPSA) is 72.2 Å². The zero-order chi connectivity index (χ0) is 14.7. The van der Waals surface area contributed by atoms with Gasteiger partial charge in [0, 0.05) is 5.69 Å². The first kappa shape index (κ1) is 15.6. The van der Waals surface area contributed by atoms with E-state index in [4.69, 9.17) is 5.73 Å². The van der Waals surface area contributed by atoms with Crippen molar-refractivity contribution in [1.29, 1.82) is 0 Å². The van der Waals surface area contributed by atoms with Crippen molar-refractivity contribution in [1.82, 2.24) is 0 Å². The van der Waals surface area contributed by atoms with Crippen molar-refractivity contribution < 1.29 is 9.59 Å². The van der Waals surface area contributed by atoms with Crippen LogP contribution in [0.3, 0.4) is 0 Å². The van der Waals surface area contributed by atoms with Crippen LogP contribution in [-0.2, 0) is 4.79 Å². The summed E-state index contributed by atoms with van der Waals surface area (Å²) < 4.78 is 0. The Hall–Kier alpha value is -1.49. The number of hydrogen-bond donors (Lipinski definition) is 2. The lowest BCUT2D eigenvalue weighted by molar-refractivity contribution is -0.113. The number of nitrogens with two attached hydrogens (primary N) is 1. The molecule has 1 aromatic rings. The summed E-state index contributed by atoms with van der Waals surface area (Å²) in [4.78, 5) is 22.4. The molecule has 0 radical (unpaired) electrons. The maximum atomic E-state index is 11.8. The molecule has 1 rings (SSSR count). The average molecular weight is 280 g/mol. The van der Waals surface area contributed by atoms with E-state index >= 15 is 0 Å². The maximum Gasteiger partial charge on any atom is 0.276 e. The Bertz CT molecular complexity index is 510. The highest BCUT2D eigenvalue weighted by Crippen LogP contribution is 2.30. The second-order valence-electron chi connectivity index (χ2n) is 4.66. The summed E-state index contributed by atoms with van der Waals surface area (Å²) in [5.41, 5.74) is 11.6. The Kier molecular flexibility index (Phi) is 5.00. The lowest BCUT2D eigenvalue weighted by atomic mass is 9.93. The molecule has 0 aliphatic heterocycles. The normalized spacial score (nSPS) is 10.4. The van der Waals surface area contributed by atoms with E-state index in [0.717, 1.165) is 28.6 Å². The van der Waals surface area contributed by atoms with E-state index in [1.165, 1.54) is 16.7 Å². The second kappa shape index (κ2) is 6.10. The third kappa shape index (κ3) is 3.50. The molecule has 104 valence electrons. The number of hydrogen-bond acceptors (Lipinski definition) is 3. The van der Waals surface area contributed by atoms with Crippen molar-refractivity contribution >= 4 is 28.6 Å². The van der Waals surface area contributed by atoms with Crippen molar-refractivity contribution in [3.8, 4) is 0 Å². The van der Waals surface area contributed by atoms with Crippen LogP contribution in [0.2, 0.25) is 0 Å². The van der Waals surface area contributed by atoms with Gasteiger partial charge in [-0.3, -0.25) is 9.59 Å². The van der Waals surface area contributed by atoms with Crippen molar-refractivity contribution in [3.63, 3.8) is 0 Å². The standard InChI is InChI=1S/C14H20N2O2S/c1-7-8(2)10(4)13(11(5)9(7)3)16-12(17)6-19-14(15)18/h6H2,1-5H3,(H2,15,18)(H,16,17). The fraction of sp³-hybridized carbons (Fsp3) is 0.429. The average Bonchev–Trinajstić information content (AvgIpc) is 2.36. The number of carbonyl (C=O) groups is 2. The summed E-state index contributed by atoms with van der Waals surface area (Å²) in [6.45, 7) is 10.2. The highest BCUT2D eigenvalue weighted by molar-refractivity contribution is 8.14. The first-order chi connectivity index (χ1) is 8.75. The first-order valence-electron chi connectivity index (χ1n) is 6.04. The predicted octanol–water partition coefficient (Wildman–Crippen LogP) is 2.98. The van der Waals surface area contributed by atoms with E-state index in [-0.39, 0.29) is 11.7 Å². The SMILES string of the molecule is Cc1c(C)c(C)c(NC(=O)CSC(N)=O)c(C)c1C. The predicted molar refractivity (Wildman–Crippen MR) is 80.8 cm³/mol. The molecule has 0 aliphatic carbocycles. The Morgan fingerprint density at radius 2 is 1.37 bits per heavy atom. The van der Waals surface area contributed by atoms with Gasteiger partial charge < -0.3 is 11.1 Å². The van der Waals surface area contributed by atoms with Crippen molar-refractivity contribution in [2.45, 2.75) is 34.6 Å². The number of nitrogens with one attached hydrogen (secondary N) is 1. The van der Waals surface area contributed by atoms with Gasteiger partial charge in [-0.1, -0.05) is 11.8 Å². The van der Waals surface area contributed by atoms with Crippen molar-refractivity contribution in [2.24, 2.45) is 5.73 Å². The Morgan fingerprint density at radius 1 is 0.947 bits per heavy atom. The largest absolute Gasteiger partial charge is 0.361 e. The number of rotatable bonds is 3. The highest BCUT2D eigenvalue weighted by atomic mass is 32.2. The minimum atomic E-state index is -0.542. The number of amides is 2. The third-order valence-electron chi connectivity index (χ3n) is 3.61. The summed E-state index contributed by atoms with van der Waals surface area (Å²) in [7, 11) is 0. The van der Waals surface area contributed by atoms with Crippen LogP contribution in [0.4, 0.5) is 10.5 Å². The van der Waals surface area contributed by atoms with Crippen LogP contribution in [-0.4, -0.2) is 16.9 Å². The zero-order valence-electron chi connectivity index (χ0n) is 12.0. The van der Waals surface area contributed by atoms with E-state index in [9.17, 15) is 9.59 Å². The molecular weight excluding hydrogens is 260 g/mol. The molecule has 2 amide bonds. The lowest BCUT2D eigenvalue weighted by Crippen LogP contribution is -2.19. The van der Waals surface area contributed by atoms with Gasteiger partial charge >= 0.3 is 0 Å². The maximum absolute atomic E-state index is 11.8. The fourth-order valence-electron chi connectivity index (χ4n) is 2.00. The summed E-state index contributed by atoms with van der Waals surface area (Å²) in [6, 6.07) is 0. The molecule has 0 saturated carbocycles. The van der Waals surface area contributed by atoms with Crippen LogP contribution >= 0.6 is 11.8 Å². The number of thioether (sulfide) groups is 1. The Balaban J connectivity index is 3.02. The third-order valence-corrected chi connectivity index (χ3v) is 4.30. The first-order valence-corrected chi connectivity index (χ1v) is 7.03. The van der Waals surface area contributed by atoms with Crippen LogP contribution in [0.1, 0.15) is 27.8 Å². The summed E-state index contributed by atoms with van der Waals surface area (Å²) in [5, 5.41) is 2.33. The van der Waals surface area contributed by atoms with Crippen molar-refractivity contribution in [3.05, 3.63) is 27.8 Å². The summed E-state index contributed by atoms with van der Waals surface area (Å²) >= 11 is 0.809. The van der Waals surface area contributed by atoms with E-state index in [0.29, 0.717) is 0 Å². The van der Waals surface area contributed by atoms with Gasteiger partial charge in [0.2, 0.25) is 5.91 Å². The fourth-order valence-corrected chi connectivity index (χ4v) is 2.35. The molecule has 1 aromatic carbocycles. The molecule has 0 atom stereocenters. The second-order valence-corrected chi connectivity index (χ2v) is 5.64. The zero-order valence-corrected chi connectivity index (χ0v) is 12.8. The molecule has 0 aromatic heterocycles. The van der Waals surface area contributed by atoms with E-state index in [2.05, 4.69) is 12.2 Å². The molecule has 0 unspecified atom stereocenters. The monoisotopic (exact) mass is 280 g/mol. The summed E-state index contributed by atoms with van der Waals surface area (Å²) in [6.07, 6.45) is 0. The highest BCUT2D eigenvalue weighted by Gasteiger charge is 2.14. The van der Waals surface area contributed by atoms with Gasteiger partial charge in [-0.25, -0.2) is 0 Å². The van der Waals surface area contributed by atoms with Gasteiger partial charge in [-0.15, -0.1) is 0 Å². The quantitative estimate of drug-likeness (QED) is 0.894. The molecule has 0 heterocycles. The van der Waals surface area contributed by atoms with Crippen LogP contribution in [0.5, 0.6) is 0 Å². The van der Waals surface area contributed by atoms with E-state index in [1.807, 2.05) is 27.7 Å². The Labute approximate surface area is 118 Å². The molecule has 0 saturated heterocycles. The lowest BCUT2D eigenvalue weighted by Gasteiger charge is -2.19. The van der Waals surface area contributed by atoms with E-state index < -0.39 is 5.24 Å². The molecule has 0 aliphatic rings. The van der Waals surface area contributed by atoms with Gasteiger partial charge in [-0.05, 0) is 62.4 Å². The molecular formula is C14H20N2O2S. The van der Waals surface area contributed by atoms with Crippen molar-refractivity contribution in [2.75, 3.05) is 11.1 Å². The van der Waals surface area contributed by atoms with E-state index in [1.54, 1.807) is 0 Å². The van der Waals surface area contributed by atoms with Crippen LogP contribution in [0.25, 0.3) is 0 Å².